The summed E-state index contributed by atoms with van der Waals surface area (Å²) in [7, 11) is 0. The van der Waals surface area contributed by atoms with Crippen LogP contribution in [0.25, 0.3) is 0 Å². The van der Waals surface area contributed by atoms with Crippen molar-refractivity contribution in [2.24, 2.45) is 10.7 Å². The van der Waals surface area contributed by atoms with E-state index in [1.165, 1.54) is 12.1 Å². The second-order valence-corrected chi connectivity index (χ2v) is 10.4. The standard InChI is InChI=1S/C32H37N3O4/c1-4-18-32(19-11-20-35-32)31(3,39-25-16-17-27(36)26(21-25)29(33)37)30(2,38)22-34-28(23-12-7-5-8-13-23)24-14-9-6-10-15-24/h5-17,19-21,28,34,36,38H,4,18,22H2,1-3H3,(H2,33,37). The third-order valence-electron chi connectivity index (χ3n) is 7.72. The van der Waals surface area contributed by atoms with Crippen LogP contribution in [0.15, 0.2) is 96.0 Å². The van der Waals surface area contributed by atoms with Crippen molar-refractivity contribution < 1.29 is 19.7 Å². The smallest absolute Gasteiger partial charge is 0.252 e. The van der Waals surface area contributed by atoms with Crippen LogP contribution in [0, 0.1) is 0 Å². The molecule has 1 aliphatic rings. The van der Waals surface area contributed by atoms with Crippen molar-refractivity contribution in [1.29, 1.82) is 0 Å². The first-order chi connectivity index (χ1) is 18.6. The van der Waals surface area contributed by atoms with E-state index in [1.807, 2.05) is 55.5 Å². The van der Waals surface area contributed by atoms with Gasteiger partial charge in [-0.05, 0) is 55.7 Å². The fraction of sp³-hybridized carbons (Fsp3) is 0.312. The van der Waals surface area contributed by atoms with Gasteiger partial charge in [-0.3, -0.25) is 9.79 Å². The van der Waals surface area contributed by atoms with Crippen molar-refractivity contribution >= 4 is 12.1 Å². The number of hydrogen-bond acceptors (Lipinski definition) is 6. The normalized spacial score (nSPS) is 19.5. The van der Waals surface area contributed by atoms with Crippen molar-refractivity contribution in [3.8, 4) is 11.5 Å². The number of hydrogen-bond donors (Lipinski definition) is 4. The maximum Gasteiger partial charge on any atom is 0.252 e. The van der Waals surface area contributed by atoms with Gasteiger partial charge in [0.15, 0.2) is 5.60 Å². The maximum atomic E-state index is 12.3. The highest BCUT2D eigenvalue weighted by Crippen LogP contribution is 2.45. The van der Waals surface area contributed by atoms with Gasteiger partial charge in [0.1, 0.15) is 22.6 Å². The van der Waals surface area contributed by atoms with E-state index in [0.717, 1.165) is 17.5 Å². The van der Waals surface area contributed by atoms with E-state index < -0.39 is 22.6 Å². The quantitative estimate of drug-likeness (QED) is 0.266. The molecule has 4 rings (SSSR count). The highest BCUT2D eigenvalue weighted by Gasteiger charge is 2.59. The van der Waals surface area contributed by atoms with Gasteiger partial charge in [0.25, 0.3) is 5.91 Å². The van der Waals surface area contributed by atoms with Crippen molar-refractivity contribution in [2.75, 3.05) is 6.54 Å². The number of phenols is 1. The lowest BCUT2D eigenvalue weighted by molar-refractivity contribution is -0.142. The first-order valence-corrected chi connectivity index (χ1v) is 13.2. The van der Waals surface area contributed by atoms with Crippen molar-refractivity contribution in [1.82, 2.24) is 5.32 Å². The Morgan fingerprint density at radius 1 is 1.05 bits per heavy atom. The number of aliphatic imine (C=N–C) groups is 1. The molecule has 0 spiro atoms. The number of carbonyl (C=O) groups excluding carboxylic acids is 1. The summed E-state index contributed by atoms with van der Waals surface area (Å²) in [5.74, 6) is -0.720. The fourth-order valence-corrected chi connectivity index (χ4v) is 5.34. The molecular weight excluding hydrogens is 490 g/mol. The summed E-state index contributed by atoms with van der Waals surface area (Å²) >= 11 is 0. The molecule has 0 bridgehead atoms. The number of benzene rings is 3. The van der Waals surface area contributed by atoms with Crippen molar-refractivity contribution in [3.05, 3.63) is 108 Å². The van der Waals surface area contributed by atoms with E-state index in [4.69, 9.17) is 15.5 Å². The minimum Gasteiger partial charge on any atom is -0.507 e. The predicted molar refractivity (Wildman–Crippen MR) is 154 cm³/mol. The third-order valence-corrected chi connectivity index (χ3v) is 7.72. The molecule has 7 heteroatoms. The Morgan fingerprint density at radius 3 is 2.18 bits per heavy atom. The number of allylic oxidation sites excluding steroid dienone is 1. The molecule has 5 N–H and O–H groups in total. The van der Waals surface area contributed by atoms with Crippen LogP contribution in [-0.2, 0) is 0 Å². The number of nitrogens with zero attached hydrogens (tertiary/aromatic N) is 1. The van der Waals surface area contributed by atoms with Crippen LogP contribution in [0.1, 0.15) is 61.1 Å². The molecule has 204 valence electrons. The van der Waals surface area contributed by atoms with E-state index >= 15 is 0 Å². The van der Waals surface area contributed by atoms with Crippen LogP contribution in [0.3, 0.4) is 0 Å². The predicted octanol–water partition coefficient (Wildman–Crippen LogP) is 4.94. The first kappa shape index (κ1) is 28.1. The summed E-state index contributed by atoms with van der Waals surface area (Å²) in [6, 6.07) is 24.3. The molecule has 1 aliphatic heterocycles. The Kier molecular flexibility index (Phi) is 8.23. The van der Waals surface area contributed by atoms with Gasteiger partial charge < -0.3 is 26.0 Å². The average Bonchev–Trinajstić information content (AvgIpc) is 3.41. The summed E-state index contributed by atoms with van der Waals surface area (Å²) < 4.78 is 6.62. The SMILES string of the molecule is CCCC1(C(C)(Oc2ccc(O)c(C(N)=O)c2)C(C)(O)CNC(c2ccccc2)c2ccccc2)C=CC=N1. The van der Waals surface area contributed by atoms with Crippen LogP contribution in [0.5, 0.6) is 11.5 Å². The topological polar surface area (TPSA) is 117 Å². The van der Waals surface area contributed by atoms with Crippen LogP contribution in [0.2, 0.25) is 0 Å². The monoisotopic (exact) mass is 527 g/mol. The van der Waals surface area contributed by atoms with E-state index in [2.05, 4.69) is 36.5 Å². The largest absolute Gasteiger partial charge is 0.507 e. The molecule has 3 aromatic rings. The minimum atomic E-state index is -1.47. The lowest BCUT2D eigenvalue weighted by Crippen LogP contribution is -2.69. The van der Waals surface area contributed by atoms with Crippen LogP contribution in [-0.4, -0.2) is 45.6 Å². The molecule has 0 aliphatic carbocycles. The molecular formula is C32H37N3O4. The van der Waals surface area contributed by atoms with Crippen molar-refractivity contribution in [2.45, 2.75) is 56.4 Å². The summed E-state index contributed by atoms with van der Waals surface area (Å²) in [6.45, 7) is 5.80. The zero-order valence-corrected chi connectivity index (χ0v) is 22.7. The Morgan fingerprint density at radius 2 is 1.67 bits per heavy atom. The molecule has 0 saturated carbocycles. The average molecular weight is 528 g/mol. The Balaban J connectivity index is 1.74. The molecule has 0 saturated heterocycles. The zero-order valence-electron chi connectivity index (χ0n) is 22.7. The summed E-state index contributed by atoms with van der Waals surface area (Å²) in [6.07, 6.45) is 6.97. The molecule has 3 aromatic carbocycles. The number of aromatic hydroxyl groups is 1. The summed E-state index contributed by atoms with van der Waals surface area (Å²) in [5.41, 5.74) is 3.89. The van der Waals surface area contributed by atoms with E-state index in [1.54, 1.807) is 19.2 Å². The lowest BCUT2D eigenvalue weighted by Gasteiger charge is -2.51. The first-order valence-electron chi connectivity index (χ1n) is 13.2. The molecule has 7 nitrogen and oxygen atoms in total. The second-order valence-electron chi connectivity index (χ2n) is 10.4. The number of ether oxygens (including phenoxy) is 1. The Labute approximate surface area is 230 Å². The number of nitrogens with two attached hydrogens (primary N) is 1. The van der Waals surface area contributed by atoms with Gasteiger partial charge in [0.05, 0.1) is 11.6 Å². The van der Waals surface area contributed by atoms with E-state index in [-0.39, 0.29) is 29.6 Å². The third kappa shape index (κ3) is 5.60. The molecule has 3 atom stereocenters. The van der Waals surface area contributed by atoms with Crippen LogP contribution < -0.4 is 15.8 Å². The minimum absolute atomic E-state index is 0.0594. The van der Waals surface area contributed by atoms with E-state index in [9.17, 15) is 15.0 Å². The number of primary amides is 1. The van der Waals surface area contributed by atoms with Gasteiger partial charge in [-0.2, -0.15) is 0 Å². The maximum absolute atomic E-state index is 12.3. The van der Waals surface area contributed by atoms with Crippen LogP contribution in [0.4, 0.5) is 0 Å². The highest BCUT2D eigenvalue weighted by atomic mass is 16.5. The van der Waals surface area contributed by atoms with Crippen molar-refractivity contribution in [3.63, 3.8) is 0 Å². The molecule has 0 aromatic heterocycles. The number of carbonyl (C=O) groups is 1. The summed E-state index contributed by atoms with van der Waals surface area (Å²) in [4.78, 5) is 16.7. The van der Waals surface area contributed by atoms with Gasteiger partial charge in [-0.1, -0.05) is 80.1 Å². The number of amides is 1. The van der Waals surface area contributed by atoms with Gasteiger partial charge in [-0.25, -0.2) is 0 Å². The molecule has 0 radical (unpaired) electrons. The zero-order chi connectivity index (χ0) is 28.1. The van der Waals surface area contributed by atoms with Gasteiger partial charge in [-0.15, -0.1) is 0 Å². The molecule has 39 heavy (non-hydrogen) atoms. The second kappa shape index (κ2) is 11.4. The molecule has 3 unspecified atom stereocenters. The number of aliphatic hydroxyl groups is 1. The van der Waals surface area contributed by atoms with Gasteiger partial charge in [0, 0.05) is 12.8 Å². The van der Waals surface area contributed by atoms with Gasteiger partial charge in [0.2, 0.25) is 0 Å². The van der Waals surface area contributed by atoms with Crippen LogP contribution >= 0.6 is 0 Å². The fourth-order valence-electron chi connectivity index (χ4n) is 5.34. The molecule has 0 fully saturated rings. The van der Waals surface area contributed by atoms with Gasteiger partial charge >= 0.3 is 0 Å². The Bertz CT molecular complexity index is 1290. The molecule has 1 amide bonds. The lowest BCUT2D eigenvalue weighted by atomic mass is 9.68. The number of nitrogens with one attached hydrogen (secondary N) is 1. The van der Waals surface area contributed by atoms with E-state index in [0.29, 0.717) is 6.42 Å². The number of rotatable bonds is 12. The molecule has 1 heterocycles. The highest BCUT2D eigenvalue weighted by molar-refractivity contribution is 5.95. The summed E-state index contributed by atoms with van der Waals surface area (Å²) in [5, 5.41) is 26.0. The Hall–Kier alpha value is -3.94.